The van der Waals surface area contributed by atoms with Crippen molar-refractivity contribution in [1.82, 2.24) is 5.32 Å². The third-order valence-electron chi connectivity index (χ3n) is 3.90. The zero-order valence-electron chi connectivity index (χ0n) is 12.7. The molecule has 0 radical (unpaired) electrons. The van der Waals surface area contributed by atoms with Gasteiger partial charge in [0.1, 0.15) is 5.82 Å². The van der Waals surface area contributed by atoms with Crippen LogP contribution in [-0.2, 0) is 0 Å². The molecule has 1 aliphatic rings. The van der Waals surface area contributed by atoms with Gasteiger partial charge in [-0.1, -0.05) is 13.8 Å². The Balaban J connectivity index is 1.89. The van der Waals surface area contributed by atoms with Gasteiger partial charge in [-0.25, -0.2) is 4.39 Å². The second kappa shape index (κ2) is 6.89. The highest BCUT2D eigenvalue weighted by Crippen LogP contribution is 2.23. The van der Waals surface area contributed by atoms with E-state index in [1.54, 1.807) is 6.07 Å². The molecular weight excluding hydrogens is 269 g/mol. The summed E-state index contributed by atoms with van der Waals surface area (Å²) in [6, 6.07) is 5.94. The summed E-state index contributed by atoms with van der Waals surface area (Å²) in [6.45, 7) is 4.32. The highest BCUT2D eigenvalue weighted by Gasteiger charge is 2.21. The Morgan fingerprint density at radius 2 is 1.86 bits per heavy atom. The van der Waals surface area contributed by atoms with Crippen molar-refractivity contribution >= 4 is 11.6 Å². The zero-order chi connectivity index (χ0) is 15.4. The topological polar surface area (TPSA) is 67.2 Å². The van der Waals surface area contributed by atoms with Crippen LogP contribution in [0, 0.1) is 5.82 Å². The highest BCUT2D eigenvalue weighted by molar-refractivity contribution is 5.93. The van der Waals surface area contributed by atoms with Crippen molar-refractivity contribution in [2.24, 2.45) is 5.73 Å². The molecule has 1 fully saturated rings. The maximum absolute atomic E-state index is 13.7. The van der Waals surface area contributed by atoms with Crippen molar-refractivity contribution in [2.45, 2.75) is 57.7 Å². The number of halogens is 1. The van der Waals surface area contributed by atoms with Gasteiger partial charge in [-0.15, -0.1) is 0 Å². The van der Waals surface area contributed by atoms with Crippen LogP contribution in [-0.4, -0.2) is 24.0 Å². The van der Waals surface area contributed by atoms with E-state index >= 15 is 0 Å². The molecule has 0 aliphatic heterocycles. The zero-order valence-corrected chi connectivity index (χ0v) is 12.7. The van der Waals surface area contributed by atoms with Gasteiger partial charge in [0.15, 0.2) is 0 Å². The van der Waals surface area contributed by atoms with Crippen LogP contribution in [0.5, 0.6) is 0 Å². The van der Waals surface area contributed by atoms with E-state index in [1.165, 1.54) is 12.1 Å². The predicted octanol–water partition coefficient (Wildman–Crippen LogP) is 2.65. The number of nitrogens with two attached hydrogens (primary N) is 1. The molecule has 1 aromatic rings. The Labute approximate surface area is 125 Å². The fourth-order valence-electron chi connectivity index (χ4n) is 2.92. The molecule has 5 heteroatoms. The molecule has 2 rings (SSSR count). The Bertz CT molecular complexity index is 496. The van der Waals surface area contributed by atoms with Gasteiger partial charge in [-0.2, -0.15) is 0 Å². The number of nitrogens with one attached hydrogen (secondary N) is 2. The standard InChI is InChI=1S/C16H24FN3O/c1-10(2)19-11-3-5-12(6-4-11)20-13-7-8-14(16(18)21)15(17)9-13/h7-12,19-20H,3-6H2,1-2H3,(H2,18,21). The van der Waals surface area contributed by atoms with Crippen LogP contribution < -0.4 is 16.4 Å². The second-order valence-corrected chi connectivity index (χ2v) is 6.07. The number of benzene rings is 1. The van der Waals surface area contributed by atoms with Crippen LogP contribution in [0.3, 0.4) is 0 Å². The van der Waals surface area contributed by atoms with E-state index in [1.807, 2.05) is 0 Å². The van der Waals surface area contributed by atoms with Gasteiger partial charge in [0.2, 0.25) is 0 Å². The minimum Gasteiger partial charge on any atom is -0.382 e. The number of hydrogen-bond acceptors (Lipinski definition) is 3. The smallest absolute Gasteiger partial charge is 0.251 e. The molecule has 0 unspecified atom stereocenters. The first kappa shape index (κ1) is 15.8. The molecule has 4 nitrogen and oxygen atoms in total. The van der Waals surface area contributed by atoms with Gasteiger partial charge in [-0.3, -0.25) is 4.79 Å². The predicted molar refractivity (Wildman–Crippen MR) is 82.9 cm³/mol. The van der Waals surface area contributed by atoms with E-state index in [0.29, 0.717) is 23.8 Å². The lowest BCUT2D eigenvalue weighted by molar-refractivity contribution is 0.0996. The van der Waals surface area contributed by atoms with E-state index in [9.17, 15) is 9.18 Å². The van der Waals surface area contributed by atoms with Crippen molar-refractivity contribution in [3.63, 3.8) is 0 Å². The Morgan fingerprint density at radius 3 is 2.38 bits per heavy atom. The van der Waals surface area contributed by atoms with Gasteiger partial charge in [-0.05, 0) is 43.9 Å². The monoisotopic (exact) mass is 293 g/mol. The van der Waals surface area contributed by atoms with E-state index in [2.05, 4.69) is 24.5 Å². The first-order valence-electron chi connectivity index (χ1n) is 7.57. The molecule has 116 valence electrons. The highest BCUT2D eigenvalue weighted by atomic mass is 19.1. The number of amides is 1. The molecule has 1 saturated carbocycles. The molecular formula is C16H24FN3O. The molecule has 0 spiro atoms. The lowest BCUT2D eigenvalue weighted by Crippen LogP contribution is -2.40. The minimum absolute atomic E-state index is 0.0645. The summed E-state index contributed by atoms with van der Waals surface area (Å²) < 4.78 is 13.7. The van der Waals surface area contributed by atoms with E-state index in [0.717, 1.165) is 25.7 Å². The van der Waals surface area contributed by atoms with Crippen LogP contribution in [0.4, 0.5) is 10.1 Å². The number of primary amides is 1. The lowest BCUT2D eigenvalue weighted by atomic mass is 9.90. The summed E-state index contributed by atoms with van der Waals surface area (Å²) >= 11 is 0. The summed E-state index contributed by atoms with van der Waals surface area (Å²) in [7, 11) is 0. The van der Waals surface area contributed by atoms with Gasteiger partial charge < -0.3 is 16.4 Å². The maximum Gasteiger partial charge on any atom is 0.251 e. The number of rotatable bonds is 5. The SMILES string of the molecule is CC(C)NC1CCC(Nc2ccc(C(N)=O)c(F)c2)CC1. The second-order valence-electron chi connectivity index (χ2n) is 6.07. The van der Waals surface area contributed by atoms with Crippen LogP contribution >= 0.6 is 0 Å². The number of carbonyl (C=O) groups excluding carboxylic acids is 1. The molecule has 1 amide bonds. The van der Waals surface area contributed by atoms with Gasteiger partial charge in [0.25, 0.3) is 5.91 Å². The molecule has 0 heterocycles. The molecule has 21 heavy (non-hydrogen) atoms. The van der Waals surface area contributed by atoms with Crippen molar-refractivity contribution < 1.29 is 9.18 Å². The summed E-state index contributed by atoms with van der Waals surface area (Å²) in [5, 5.41) is 6.90. The average molecular weight is 293 g/mol. The van der Waals surface area contributed by atoms with Gasteiger partial charge in [0.05, 0.1) is 5.56 Å². The quantitative estimate of drug-likeness (QED) is 0.782. The van der Waals surface area contributed by atoms with Crippen molar-refractivity contribution in [2.75, 3.05) is 5.32 Å². The molecule has 0 bridgehead atoms. The van der Waals surface area contributed by atoms with Crippen LogP contribution in [0.2, 0.25) is 0 Å². The fourth-order valence-corrected chi connectivity index (χ4v) is 2.92. The minimum atomic E-state index is -0.737. The molecule has 1 aromatic carbocycles. The molecule has 0 saturated heterocycles. The molecule has 0 atom stereocenters. The third kappa shape index (κ3) is 4.43. The maximum atomic E-state index is 13.7. The summed E-state index contributed by atoms with van der Waals surface area (Å²) in [6.07, 6.45) is 4.36. The van der Waals surface area contributed by atoms with Crippen molar-refractivity contribution in [3.05, 3.63) is 29.6 Å². The van der Waals surface area contributed by atoms with Crippen molar-refractivity contribution in [3.8, 4) is 0 Å². The normalized spacial score (nSPS) is 22.3. The summed E-state index contributed by atoms with van der Waals surface area (Å²) in [4.78, 5) is 11.0. The summed E-state index contributed by atoms with van der Waals surface area (Å²) in [5.74, 6) is -1.30. The van der Waals surface area contributed by atoms with E-state index < -0.39 is 11.7 Å². The van der Waals surface area contributed by atoms with Gasteiger partial charge >= 0.3 is 0 Å². The number of carbonyl (C=O) groups is 1. The summed E-state index contributed by atoms with van der Waals surface area (Å²) in [5.41, 5.74) is 5.74. The Morgan fingerprint density at radius 1 is 1.24 bits per heavy atom. The van der Waals surface area contributed by atoms with Gasteiger partial charge in [0, 0.05) is 23.8 Å². The molecule has 1 aliphatic carbocycles. The molecule has 0 aromatic heterocycles. The number of anilines is 1. The Kier molecular flexibility index (Phi) is 5.17. The molecule has 4 N–H and O–H groups in total. The fraction of sp³-hybridized carbons (Fsp3) is 0.562. The largest absolute Gasteiger partial charge is 0.382 e. The Hall–Kier alpha value is -1.62. The average Bonchev–Trinajstić information content (AvgIpc) is 2.40. The lowest BCUT2D eigenvalue weighted by Gasteiger charge is -2.31. The first-order valence-corrected chi connectivity index (χ1v) is 7.57. The van der Waals surface area contributed by atoms with Crippen LogP contribution in [0.1, 0.15) is 49.9 Å². The van der Waals surface area contributed by atoms with Crippen LogP contribution in [0.25, 0.3) is 0 Å². The first-order chi connectivity index (χ1) is 9.95. The van der Waals surface area contributed by atoms with E-state index in [-0.39, 0.29) is 5.56 Å². The van der Waals surface area contributed by atoms with Crippen LogP contribution in [0.15, 0.2) is 18.2 Å². The van der Waals surface area contributed by atoms with Crippen molar-refractivity contribution in [1.29, 1.82) is 0 Å². The number of hydrogen-bond donors (Lipinski definition) is 3. The van der Waals surface area contributed by atoms with E-state index in [4.69, 9.17) is 5.73 Å². The third-order valence-corrected chi connectivity index (χ3v) is 3.90.